The molecule has 0 fully saturated rings. The Morgan fingerprint density at radius 2 is 2.05 bits per heavy atom. The fourth-order valence-corrected chi connectivity index (χ4v) is 3.91. The molecule has 4 nitrogen and oxygen atoms in total. The van der Waals surface area contributed by atoms with Gasteiger partial charge in [-0.15, -0.1) is 11.3 Å². The molecule has 0 aliphatic heterocycles. The molecule has 1 N–H and O–H groups in total. The first kappa shape index (κ1) is 14.1. The van der Waals surface area contributed by atoms with E-state index >= 15 is 0 Å². The third-order valence-corrected chi connectivity index (χ3v) is 5.28. The first-order valence-corrected chi connectivity index (χ1v) is 7.71. The number of sulfonamides is 1. The minimum atomic E-state index is -3.77. The van der Waals surface area contributed by atoms with Crippen molar-refractivity contribution in [1.82, 2.24) is 0 Å². The molecule has 0 atom stereocenters. The van der Waals surface area contributed by atoms with Gasteiger partial charge in [0.15, 0.2) is 0 Å². The van der Waals surface area contributed by atoms with Crippen LogP contribution in [0, 0.1) is 5.82 Å². The van der Waals surface area contributed by atoms with Gasteiger partial charge >= 0.3 is 0 Å². The zero-order valence-corrected chi connectivity index (χ0v) is 12.1. The Hall–Kier alpha value is -1.31. The van der Waals surface area contributed by atoms with Gasteiger partial charge in [-0.2, -0.15) is 0 Å². The zero-order chi connectivity index (χ0) is 14.0. The van der Waals surface area contributed by atoms with E-state index in [9.17, 15) is 12.8 Å². The summed E-state index contributed by atoms with van der Waals surface area (Å²) >= 11 is 6.61. The van der Waals surface area contributed by atoms with Crippen molar-refractivity contribution in [3.63, 3.8) is 0 Å². The largest absolute Gasteiger partial charge is 0.497 e. The van der Waals surface area contributed by atoms with E-state index in [0.29, 0.717) is 4.34 Å². The molecule has 0 amide bonds. The van der Waals surface area contributed by atoms with Crippen molar-refractivity contribution >= 4 is 38.6 Å². The van der Waals surface area contributed by atoms with E-state index in [0.717, 1.165) is 23.5 Å². The molecule has 0 aliphatic carbocycles. The molecular formula is C11H9ClFNO3S2. The van der Waals surface area contributed by atoms with Crippen LogP contribution in [0.25, 0.3) is 0 Å². The maximum Gasteiger partial charge on any atom is 0.271 e. The molecule has 0 aliphatic rings. The predicted octanol–water partition coefficient (Wildman–Crippen LogP) is 3.35. The smallest absolute Gasteiger partial charge is 0.271 e. The molecule has 0 spiro atoms. The molecule has 2 aromatic rings. The van der Waals surface area contributed by atoms with E-state index < -0.39 is 15.8 Å². The van der Waals surface area contributed by atoms with Crippen LogP contribution in [-0.4, -0.2) is 15.5 Å². The molecule has 2 rings (SSSR count). The lowest BCUT2D eigenvalue weighted by atomic mass is 10.3. The van der Waals surface area contributed by atoms with Crippen LogP contribution in [0.5, 0.6) is 5.75 Å². The van der Waals surface area contributed by atoms with Crippen LogP contribution < -0.4 is 9.46 Å². The highest BCUT2D eigenvalue weighted by molar-refractivity contribution is 7.94. The minimum absolute atomic E-state index is 0.0562. The van der Waals surface area contributed by atoms with Crippen molar-refractivity contribution in [2.45, 2.75) is 4.21 Å². The molecule has 0 radical (unpaired) electrons. The summed E-state index contributed by atoms with van der Waals surface area (Å²) in [7, 11) is -2.41. The summed E-state index contributed by atoms with van der Waals surface area (Å²) < 4.78 is 44.8. The van der Waals surface area contributed by atoms with Crippen molar-refractivity contribution in [2.24, 2.45) is 0 Å². The Labute approximate surface area is 118 Å². The van der Waals surface area contributed by atoms with E-state index in [4.69, 9.17) is 16.3 Å². The van der Waals surface area contributed by atoms with Crippen LogP contribution in [0.1, 0.15) is 0 Å². The average molecular weight is 322 g/mol. The van der Waals surface area contributed by atoms with Crippen LogP contribution in [0.3, 0.4) is 0 Å². The van der Waals surface area contributed by atoms with Gasteiger partial charge in [0.1, 0.15) is 15.8 Å². The highest BCUT2D eigenvalue weighted by atomic mass is 35.5. The Morgan fingerprint density at radius 3 is 2.63 bits per heavy atom. The molecule has 102 valence electrons. The number of hydrogen-bond donors (Lipinski definition) is 1. The summed E-state index contributed by atoms with van der Waals surface area (Å²) in [5.41, 5.74) is 0.0846. The number of nitrogens with one attached hydrogen (secondary N) is 1. The summed E-state index contributed by atoms with van der Waals surface area (Å²) in [6.45, 7) is 0. The van der Waals surface area contributed by atoms with E-state index in [1.807, 2.05) is 0 Å². The standard InChI is InChI=1S/C11H9ClFNO3S2/c1-17-9-5-7(13)4-8(6-9)14-19(15,16)11-3-2-10(12)18-11/h2-6,14H,1H3. The van der Waals surface area contributed by atoms with Crippen molar-refractivity contribution in [3.8, 4) is 5.75 Å². The number of benzene rings is 1. The maximum atomic E-state index is 13.3. The molecule has 0 bridgehead atoms. The second-order valence-electron chi connectivity index (χ2n) is 3.54. The number of thiophene rings is 1. The molecule has 0 saturated heterocycles. The minimum Gasteiger partial charge on any atom is -0.497 e. The van der Waals surface area contributed by atoms with Gasteiger partial charge in [-0.3, -0.25) is 4.72 Å². The maximum absolute atomic E-state index is 13.3. The molecule has 0 saturated carbocycles. The molecule has 1 heterocycles. The quantitative estimate of drug-likeness (QED) is 0.939. The van der Waals surface area contributed by atoms with E-state index in [-0.39, 0.29) is 15.6 Å². The monoisotopic (exact) mass is 321 g/mol. The van der Waals surface area contributed by atoms with Gasteiger partial charge in [-0.25, -0.2) is 12.8 Å². The van der Waals surface area contributed by atoms with Crippen LogP contribution >= 0.6 is 22.9 Å². The highest BCUT2D eigenvalue weighted by Crippen LogP contribution is 2.28. The summed E-state index contributed by atoms with van der Waals surface area (Å²) in [5.74, 6) is -0.372. The molecule has 1 aromatic heterocycles. The van der Waals surface area contributed by atoms with Crippen molar-refractivity contribution < 1.29 is 17.5 Å². The second kappa shape index (κ2) is 5.36. The van der Waals surface area contributed by atoms with E-state index in [1.54, 1.807) is 0 Å². The van der Waals surface area contributed by atoms with Crippen molar-refractivity contribution in [1.29, 1.82) is 0 Å². The summed E-state index contributed by atoms with van der Waals surface area (Å²) in [6, 6.07) is 6.46. The second-order valence-corrected chi connectivity index (χ2v) is 7.17. The first-order valence-electron chi connectivity index (χ1n) is 5.03. The van der Waals surface area contributed by atoms with Gasteiger partial charge < -0.3 is 4.74 Å². The highest BCUT2D eigenvalue weighted by Gasteiger charge is 2.17. The van der Waals surface area contributed by atoms with E-state index in [2.05, 4.69) is 4.72 Å². The number of anilines is 1. The predicted molar refractivity (Wildman–Crippen MR) is 73.1 cm³/mol. The van der Waals surface area contributed by atoms with Crippen LogP contribution in [-0.2, 0) is 10.0 Å². The van der Waals surface area contributed by atoms with Gasteiger partial charge in [0, 0.05) is 12.1 Å². The van der Waals surface area contributed by atoms with Crippen LogP contribution in [0.4, 0.5) is 10.1 Å². The lowest BCUT2D eigenvalue weighted by Crippen LogP contribution is -2.11. The first-order chi connectivity index (χ1) is 8.90. The Morgan fingerprint density at radius 1 is 1.32 bits per heavy atom. The number of halogens is 2. The van der Waals surface area contributed by atoms with Crippen molar-refractivity contribution in [2.75, 3.05) is 11.8 Å². The molecule has 19 heavy (non-hydrogen) atoms. The van der Waals surface area contributed by atoms with Crippen molar-refractivity contribution in [3.05, 3.63) is 40.5 Å². The molecule has 0 unspecified atom stereocenters. The summed E-state index contributed by atoms with van der Waals surface area (Å²) in [6.07, 6.45) is 0. The van der Waals surface area contributed by atoms with Gasteiger partial charge in [-0.1, -0.05) is 11.6 Å². The van der Waals surface area contributed by atoms with Crippen LogP contribution in [0.15, 0.2) is 34.5 Å². The number of methoxy groups -OCH3 is 1. The topological polar surface area (TPSA) is 55.4 Å². The number of ether oxygens (including phenoxy) is 1. The van der Waals surface area contributed by atoms with Gasteiger partial charge in [-0.05, 0) is 18.2 Å². The summed E-state index contributed by atoms with van der Waals surface area (Å²) in [4.78, 5) is 0. The third kappa shape index (κ3) is 3.37. The lowest BCUT2D eigenvalue weighted by molar-refractivity contribution is 0.411. The molecule has 8 heteroatoms. The number of hydrogen-bond acceptors (Lipinski definition) is 4. The average Bonchev–Trinajstić information content (AvgIpc) is 2.75. The normalized spacial score (nSPS) is 11.3. The zero-order valence-electron chi connectivity index (χ0n) is 9.68. The van der Waals surface area contributed by atoms with Gasteiger partial charge in [0.05, 0.1) is 17.1 Å². The third-order valence-electron chi connectivity index (χ3n) is 2.17. The number of rotatable bonds is 4. The van der Waals surface area contributed by atoms with Gasteiger partial charge in [0.2, 0.25) is 0 Å². The SMILES string of the molecule is COc1cc(F)cc(NS(=O)(=O)c2ccc(Cl)s2)c1. The summed E-state index contributed by atoms with van der Waals surface area (Å²) in [5, 5.41) is 0. The molecular weight excluding hydrogens is 313 g/mol. The molecule has 1 aromatic carbocycles. The fourth-order valence-electron chi connectivity index (χ4n) is 1.39. The van der Waals surface area contributed by atoms with E-state index in [1.165, 1.54) is 25.3 Å². The Bertz CT molecular complexity index is 700. The lowest BCUT2D eigenvalue weighted by Gasteiger charge is -2.08. The van der Waals surface area contributed by atoms with Gasteiger partial charge in [0.25, 0.3) is 10.0 Å². The Kier molecular flexibility index (Phi) is 3.98. The van der Waals surface area contributed by atoms with Crippen LogP contribution in [0.2, 0.25) is 4.34 Å². The fraction of sp³-hybridized carbons (Fsp3) is 0.0909. The Balaban J connectivity index is 2.32.